The summed E-state index contributed by atoms with van der Waals surface area (Å²) >= 11 is 5.83. The molecule has 0 aliphatic carbocycles. The number of benzene rings is 1. The number of nitrogens with zero attached hydrogens (tertiary/aromatic N) is 2. The zero-order chi connectivity index (χ0) is 16.2. The molecule has 2 N–H and O–H groups in total. The largest absolute Gasteiger partial charge is 0.343 e. The van der Waals surface area contributed by atoms with E-state index >= 15 is 0 Å². The molecule has 0 saturated carbocycles. The van der Waals surface area contributed by atoms with Crippen LogP contribution in [0.15, 0.2) is 55.0 Å². The molecule has 6 nitrogen and oxygen atoms in total. The van der Waals surface area contributed by atoms with Gasteiger partial charge < -0.3 is 15.0 Å². The predicted molar refractivity (Wildman–Crippen MR) is 87.6 cm³/mol. The fraction of sp³-hybridized carbons (Fsp3) is 0.0625. The molecule has 0 unspecified atom stereocenters. The van der Waals surface area contributed by atoms with Crippen molar-refractivity contribution in [1.29, 1.82) is 0 Å². The van der Waals surface area contributed by atoms with Crippen molar-refractivity contribution in [2.24, 2.45) is 0 Å². The normalized spacial score (nSPS) is 10.5. The highest BCUT2D eigenvalue weighted by atomic mass is 35.5. The second kappa shape index (κ2) is 6.50. The summed E-state index contributed by atoms with van der Waals surface area (Å²) in [6.45, 7) is -0.132. The molecular weight excluding hydrogens is 316 g/mol. The highest BCUT2D eigenvalue weighted by Crippen LogP contribution is 2.11. The maximum atomic E-state index is 11.9. The summed E-state index contributed by atoms with van der Waals surface area (Å²) in [6.07, 6.45) is 5.21. The number of imidazole rings is 1. The molecule has 0 aliphatic heterocycles. The van der Waals surface area contributed by atoms with Crippen LogP contribution >= 0.6 is 11.6 Å². The van der Waals surface area contributed by atoms with Gasteiger partial charge in [-0.05, 0) is 30.3 Å². The van der Waals surface area contributed by atoms with E-state index in [-0.39, 0.29) is 18.4 Å². The number of hydrogen-bond donors (Lipinski definition) is 2. The van der Waals surface area contributed by atoms with Gasteiger partial charge in [0.05, 0.1) is 12.2 Å². The first kappa shape index (κ1) is 15.1. The fourth-order valence-corrected chi connectivity index (χ4v) is 2.28. The molecule has 116 valence electrons. The van der Waals surface area contributed by atoms with Crippen LogP contribution < -0.4 is 10.6 Å². The van der Waals surface area contributed by atoms with Crippen LogP contribution in [-0.2, 0) is 4.79 Å². The highest BCUT2D eigenvalue weighted by molar-refractivity contribution is 6.31. The van der Waals surface area contributed by atoms with Crippen LogP contribution in [-0.4, -0.2) is 27.7 Å². The lowest BCUT2D eigenvalue weighted by molar-refractivity contribution is -0.115. The van der Waals surface area contributed by atoms with Gasteiger partial charge >= 0.3 is 0 Å². The molecule has 2 aromatic heterocycles. The van der Waals surface area contributed by atoms with Gasteiger partial charge in [-0.15, -0.1) is 0 Å². The van der Waals surface area contributed by atoms with E-state index in [1.54, 1.807) is 59.4 Å². The van der Waals surface area contributed by atoms with Crippen LogP contribution in [0.2, 0.25) is 5.02 Å². The van der Waals surface area contributed by atoms with Crippen molar-refractivity contribution in [2.75, 3.05) is 11.9 Å². The number of pyridine rings is 1. The molecule has 0 fully saturated rings. The Morgan fingerprint density at radius 1 is 1.22 bits per heavy atom. The molecule has 0 bridgehead atoms. The number of fused-ring (bicyclic) bond motifs is 1. The van der Waals surface area contributed by atoms with Gasteiger partial charge in [0.15, 0.2) is 0 Å². The average molecular weight is 329 g/mol. The first-order valence-electron chi connectivity index (χ1n) is 6.88. The number of hydrogen-bond acceptors (Lipinski definition) is 3. The van der Waals surface area contributed by atoms with Crippen molar-refractivity contribution in [3.63, 3.8) is 0 Å². The van der Waals surface area contributed by atoms with Gasteiger partial charge in [-0.25, -0.2) is 4.98 Å². The maximum absolute atomic E-state index is 11.9. The van der Waals surface area contributed by atoms with E-state index < -0.39 is 0 Å². The Morgan fingerprint density at radius 2 is 2.09 bits per heavy atom. The summed E-state index contributed by atoms with van der Waals surface area (Å²) in [6, 6.07) is 10.1. The zero-order valence-corrected chi connectivity index (χ0v) is 12.7. The zero-order valence-electron chi connectivity index (χ0n) is 12.0. The molecule has 3 aromatic rings. The van der Waals surface area contributed by atoms with Crippen LogP contribution in [0.5, 0.6) is 0 Å². The van der Waals surface area contributed by atoms with Crippen molar-refractivity contribution in [1.82, 2.24) is 14.7 Å². The number of nitrogens with one attached hydrogen (secondary N) is 2. The standard InChI is InChI=1S/C16H13ClN4O2/c17-12-3-1-2-11(8-12)16(23)19-9-15(22)20-13-4-5-14-18-6-7-21(14)10-13/h1-8,10H,9H2,(H,19,23)(H,20,22). The monoisotopic (exact) mass is 328 g/mol. The summed E-state index contributed by atoms with van der Waals surface area (Å²) in [5, 5.41) is 5.73. The second-order valence-corrected chi connectivity index (χ2v) is 5.29. The Morgan fingerprint density at radius 3 is 2.91 bits per heavy atom. The minimum Gasteiger partial charge on any atom is -0.343 e. The molecule has 0 aliphatic rings. The van der Waals surface area contributed by atoms with Gasteiger partial charge in [-0.3, -0.25) is 9.59 Å². The van der Waals surface area contributed by atoms with Crippen LogP contribution in [0.25, 0.3) is 5.65 Å². The summed E-state index contributed by atoms with van der Waals surface area (Å²) in [5.74, 6) is -0.674. The number of carbonyl (C=O) groups excluding carboxylic acids is 2. The number of halogens is 1. The molecule has 0 saturated heterocycles. The Bertz CT molecular complexity index is 875. The van der Waals surface area contributed by atoms with E-state index in [1.165, 1.54) is 0 Å². The van der Waals surface area contributed by atoms with E-state index in [9.17, 15) is 9.59 Å². The highest BCUT2D eigenvalue weighted by Gasteiger charge is 2.09. The topological polar surface area (TPSA) is 75.5 Å². The van der Waals surface area contributed by atoms with Crippen LogP contribution in [0.4, 0.5) is 5.69 Å². The molecule has 0 atom stereocenters. The Kier molecular flexibility index (Phi) is 4.25. The smallest absolute Gasteiger partial charge is 0.251 e. The number of anilines is 1. The van der Waals surface area contributed by atoms with Crippen molar-refractivity contribution >= 4 is 34.7 Å². The molecule has 0 radical (unpaired) electrons. The molecule has 23 heavy (non-hydrogen) atoms. The van der Waals surface area contributed by atoms with Gasteiger partial charge in [0.2, 0.25) is 5.91 Å². The van der Waals surface area contributed by atoms with E-state index in [2.05, 4.69) is 15.6 Å². The molecule has 2 amide bonds. The SMILES string of the molecule is O=C(CNC(=O)c1cccc(Cl)c1)Nc1ccc2nccn2c1. The third kappa shape index (κ3) is 3.67. The molecule has 0 spiro atoms. The second-order valence-electron chi connectivity index (χ2n) is 4.85. The molecule has 3 rings (SSSR count). The summed E-state index contributed by atoms with van der Waals surface area (Å²) in [5.41, 5.74) is 1.82. The Hall–Kier alpha value is -2.86. The minimum atomic E-state index is -0.354. The van der Waals surface area contributed by atoms with Crippen molar-refractivity contribution in [3.05, 3.63) is 65.6 Å². The average Bonchev–Trinajstić information content (AvgIpc) is 3.00. The minimum absolute atomic E-state index is 0.132. The third-order valence-corrected chi connectivity index (χ3v) is 3.40. The lowest BCUT2D eigenvalue weighted by Gasteiger charge is -2.07. The molecule has 2 heterocycles. The van der Waals surface area contributed by atoms with E-state index in [4.69, 9.17) is 11.6 Å². The van der Waals surface area contributed by atoms with Crippen LogP contribution in [0.1, 0.15) is 10.4 Å². The first-order valence-corrected chi connectivity index (χ1v) is 7.26. The molecule has 1 aromatic carbocycles. The summed E-state index contributed by atoms with van der Waals surface area (Å²) < 4.78 is 1.79. The van der Waals surface area contributed by atoms with E-state index in [0.29, 0.717) is 16.3 Å². The van der Waals surface area contributed by atoms with Crippen LogP contribution in [0, 0.1) is 0 Å². The van der Waals surface area contributed by atoms with E-state index in [1.807, 2.05) is 0 Å². The number of carbonyl (C=O) groups is 2. The number of amides is 2. The number of aromatic nitrogens is 2. The van der Waals surface area contributed by atoms with Gasteiger partial charge in [0.25, 0.3) is 5.91 Å². The fourth-order valence-electron chi connectivity index (χ4n) is 2.09. The predicted octanol–water partition coefficient (Wildman–Crippen LogP) is 2.36. The van der Waals surface area contributed by atoms with Gasteiger partial charge in [-0.1, -0.05) is 17.7 Å². The lowest BCUT2D eigenvalue weighted by Crippen LogP contribution is -2.32. The van der Waals surface area contributed by atoms with Crippen molar-refractivity contribution < 1.29 is 9.59 Å². The first-order chi connectivity index (χ1) is 11.1. The van der Waals surface area contributed by atoms with E-state index in [0.717, 1.165) is 5.65 Å². The molecular formula is C16H13ClN4O2. The van der Waals surface area contributed by atoms with Crippen molar-refractivity contribution in [2.45, 2.75) is 0 Å². The van der Waals surface area contributed by atoms with Crippen molar-refractivity contribution in [3.8, 4) is 0 Å². The Balaban J connectivity index is 1.57. The number of rotatable bonds is 4. The Labute approximate surface area is 137 Å². The van der Waals surface area contributed by atoms with Gasteiger partial charge in [0.1, 0.15) is 5.65 Å². The lowest BCUT2D eigenvalue weighted by atomic mass is 10.2. The quantitative estimate of drug-likeness (QED) is 0.772. The third-order valence-electron chi connectivity index (χ3n) is 3.17. The maximum Gasteiger partial charge on any atom is 0.251 e. The van der Waals surface area contributed by atoms with Crippen LogP contribution in [0.3, 0.4) is 0 Å². The van der Waals surface area contributed by atoms with Gasteiger partial charge in [-0.2, -0.15) is 0 Å². The molecule has 7 heteroatoms. The van der Waals surface area contributed by atoms with Gasteiger partial charge in [0, 0.05) is 29.2 Å². The summed E-state index contributed by atoms with van der Waals surface area (Å²) in [4.78, 5) is 28.0. The summed E-state index contributed by atoms with van der Waals surface area (Å²) in [7, 11) is 0.